The van der Waals surface area contributed by atoms with Crippen LogP contribution in [0.3, 0.4) is 0 Å². The van der Waals surface area contributed by atoms with Crippen LogP contribution in [0.15, 0.2) is 24.4 Å². The molecule has 0 unspecified atom stereocenters. The summed E-state index contributed by atoms with van der Waals surface area (Å²) >= 11 is 0. The van der Waals surface area contributed by atoms with E-state index in [-0.39, 0.29) is 5.82 Å². The minimum absolute atomic E-state index is 0.260. The Kier molecular flexibility index (Phi) is 4.51. The fraction of sp³-hybridized carbons (Fsp3) is 0.286. The average Bonchev–Trinajstić information content (AvgIpc) is 2.96. The first-order chi connectivity index (χ1) is 10.1. The van der Waals surface area contributed by atoms with Gasteiger partial charge in [0, 0.05) is 12.2 Å². The number of nitrogens with one attached hydrogen (secondary N) is 3. The third kappa shape index (κ3) is 3.57. The molecule has 0 amide bonds. The third-order valence-corrected chi connectivity index (χ3v) is 2.78. The molecule has 0 saturated heterocycles. The highest BCUT2D eigenvalue weighted by atomic mass is 15.5. The molecule has 0 saturated carbocycles. The first-order valence-electron chi connectivity index (χ1n) is 6.58. The average molecular weight is 283 g/mol. The number of allylic oxidation sites excluding steroid dienone is 1. The van der Waals surface area contributed by atoms with Crippen molar-refractivity contribution in [2.45, 2.75) is 26.8 Å². The zero-order valence-electron chi connectivity index (χ0n) is 12.2. The first kappa shape index (κ1) is 14.5. The summed E-state index contributed by atoms with van der Waals surface area (Å²) in [4.78, 5) is 0. The summed E-state index contributed by atoms with van der Waals surface area (Å²) in [6.45, 7) is 6.18. The number of nitrogens with zero attached hydrogens (tertiary/aromatic N) is 4. The summed E-state index contributed by atoms with van der Waals surface area (Å²) in [7, 11) is 0. The number of para-hydroxylation sites is 1. The van der Waals surface area contributed by atoms with Crippen molar-refractivity contribution in [1.29, 1.82) is 5.26 Å². The number of anilines is 2. The number of tetrazole rings is 1. The van der Waals surface area contributed by atoms with Gasteiger partial charge in [-0.05, 0) is 37.6 Å². The highest BCUT2D eigenvalue weighted by Gasteiger charge is 2.08. The van der Waals surface area contributed by atoms with Gasteiger partial charge in [-0.15, -0.1) is 10.2 Å². The lowest BCUT2D eigenvalue weighted by Crippen LogP contribution is -2.12. The molecule has 3 N–H and O–H groups in total. The van der Waals surface area contributed by atoms with E-state index in [0.717, 1.165) is 16.9 Å². The first-order valence-corrected chi connectivity index (χ1v) is 6.58. The second kappa shape index (κ2) is 6.52. The van der Waals surface area contributed by atoms with Gasteiger partial charge in [0.2, 0.25) is 5.82 Å². The number of aryl methyl sites for hydroxylation is 1. The van der Waals surface area contributed by atoms with E-state index >= 15 is 0 Å². The molecule has 0 radical (unpaired) electrons. The summed E-state index contributed by atoms with van der Waals surface area (Å²) in [5.74, 6) is 0.260. The van der Waals surface area contributed by atoms with Crippen LogP contribution >= 0.6 is 0 Å². The van der Waals surface area contributed by atoms with E-state index in [1.54, 1.807) is 6.20 Å². The number of nitriles is 1. The van der Waals surface area contributed by atoms with Crippen LogP contribution in [-0.2, 0) is 0 Å². The molecular weight excluding hydrogens is 266 g/mol. The second-order valence-corrected chi connectivity index (χ2v) is 4.85. The Bertz CT molecular complexity index is 665. The zero-order valence-corrected chi connectivity index (χ0v) is 12.2. The van der Waals surface area contributed by atoms with Crippen molar-refractivity contribution < 1.29 is 0 Å². The van der Waals surface area contributed by atoms with Crippen molar-refractivity contribution in [3.05, 3.63) is 35.8 Å². The third-order valence-electron chi connectivity index (χ3n) is 2.78. The van der Waals surface area contributed by atoms with Gasteiger partial charge in [0.1, 0.15) is 11.6 Å². The van der Waals surface area contributed by atoms with E-state index in [2.05, 4.69) is 45.1 Å². The quantitative estimate of drug-likeness (QED) is 0.728. The lowest BCUT2D eigenvalue weighted by atomic mass is 10.1. The van der Waals surface area contributed by atoms with E-state index in [0.29, 0.717) is 11.6 Å². The maximum atomic E-state index is 9.15. The molecule has 21 heavy (non-hydrogen) atoms. The summed E-state index contributed by atoms with van der Waals surface area (Å²) in [6, 6.07) is 8.28. The predicted octanol–water partition coefficient (Wildman–Crippen LogP) is 2.30. The smallest absolute Gasteiger partial charge is 0.216 e. The lowest BCUT2D eigenvalue weighted by molar-refractivity contribution is 0.881. The molecule has 0 aliphatic heterocycles. The van der Waals surface area contributed by atoms with Gasteiger partial charge in [-0.25, -0.2) is 0 Å². The Morgan fingerprint density at radius 1 is 1.43 bits per heavy atom. The van der Waals surface area contributed by atoms with Gasteiger partial charge in [-0.1, -0.05) is 12.1 Å². The van der Waals surface area contributed by atoms with Crippen LogP contribution in [0.4, 0.5) is 11.4 Å². The molecule has 0 aliphatic carbocycles. The molecular formula is C14H17N7. The van der Waals surface area contributed by atoms with Crippen molar-refractivity contribution in [2.24, 2.45) is 0 Å². The van der Waals surface area contributed by atoms with Crippen LogP contribution in [0.5, 0.6) is 0 Å². The standard InChI is InChI=1S/C14H17N7/c1-9(2)17-13-10(3)5-4-6-12(13)16-8-11(7-15)14-18-20-21-19-14/h4-6,8-9,16-17H,1-3H3,(H,18,19,20,21). The molecule has 0 aliphatic rings. The van der Waals surface area contributed by atoms with Gasteiger partial charge in [0.15, 0.2) is 0 Å². The Morgan fingerprint density at radius 2 is 2.24 bits per heavy atom. The number of benzene rings is 1. The summed E-state index contributed by atoms with van der Waals surface area (Å²) in [5, 5.41) is 29.0. The van der Waals surface area contributed by atoms with Gasteiger partial charge in [0.25, 0.3) is 0 Å². The molecule has 0 fully saturated rings. The minimum atomic E-state index is 0.260. The zero-order chi connectivity index (χ0) is 15.2. The SMILES string of the molecule is Cc1cccc(NC=C(C#N)c2nn[nH]n2)c1NC(C)C. The fourth-order valence-electron chi connectivity index (χ4n) is 1.84. The number of aromatic nitrogens is 4. The van der Waals surface area contributed by atoms with E-state index in [9.17, 15) is 0 Å². The molecule has 2 rings (SSSR count). The van der Waals surface area contributed by atoms with Crippen LogP contribution in [-0.4, -0.2) is 26.7 Å². The molecule has 0 atom stereocenters. The number of hydrogen-bond acceptors (Lipinski definition) is 6. The van der Waals surface area contributed by atoms with Crippen molar-refractivity contribution in [3.8, 4) is 6.07 Å². The van der Waals surface area contributed by atoms with Crippen LogP contribution in [0.25, 0.3) is 5.57 Å². The summed E-state index contributed by atoms with van der Waals surface area (Å²) in [6.07, 6.45) is 1.57. The van der Waals surface area contributed by atoms with Crippen molar-refractivity contribution in [3.63, 3.8) is 0 Å². The maximum absolute atomic E-state index is 9.15. The second-order valence-electron chi connectivity index (χ2n) is 4.85. The van der Waals surface area contributed by atoms with Gasteiger partial charge >= 0.3 is 0 Å². The normalized spacial score (nSPS) is 11.3. The largest absolute Gasteiger partial charge is 0.381 e. The molecule has 7 heteroatoms. The van der Waals surface area contributed by atoms with Crippen molar-refractivity contribution >= 4 is 16.9 Å². The van der Waals surface area contributed by atoms with Crippen LogP contribution in [0.1, 0.15) is 25.2 Å². The lowest BCUT2D eigenvalue weighted by Gasteiger charge is -2.17. The minimum Gasteiger partial charge on any atom is -0.381 e. The van der Waals surface area contributed by atoms with Gasteiger partial charge < -0.3 is 10.6 Å². The molecule has 0 bridgehead atoms. The Morgan fingerprint density at radius 3 is 2.86 bits per heavy atom. The van der Waals surface area contributed by atoms with Crippen LogP contribution in [0, 0.1) is 18.3 Å². The molecule has 1 aromatic carbocycles. The molecule has 1 aromatic heterocycles. The Hall–Kier alpha value is -2.88. The Labute approximate surface area is 123 Å². The molecule has 7 nitrogen and oxygen atoms in total. The van der Waals surface area contributed by atoms with Crippen LogP contribution < -0.4 is 10.6 Å². The number of aromatic amines is 1. The molecule has 2 aromatic rings. The topological polar surface area (TPSA) is 102 Å². The van der Waals surface area contributed by atoms with Crippen molar-refractivity contribution in [1.82, 2.24) is 20.6 Å². The number of hydrogen-bond donors (Lipinski definition) is 3. The van der Waals surface area contributed by atoms with Crippen LogP contribution in [0.2, 0.25) is 0 Å². The number of rotatable bonds is 5. The fourth-order valence-corrected chi connectivity index (χ4v) is 1.84. The highest BCUT2D eigenvalue weighted by Crippen LogP contribution is 2.26. The van der Waals surface area contributed by atoms with E-state index in [1.165, 1.54) is 0 Å². The van der Waals surface area contributed by atoms with E-state index < -0.39 is 0 Å². The molecule has 1 heterocycles. The maximum Gasteiger partial charge on any atom is 0.216 e. The monoisotopic (exact) mass is 283 g/mol. The molecule has 0 spiro atoms. The summed E-state index contributed by atoms with van der Waals surface area (Å²) < 4.78 is 0. The van der Waals surface area contributed by atoms with Crippen molar-refractivity contribution in [2.75, 3.05) is 10.6 Å². The number of H-pyrrole nitrogens is 1. The van der Waals surface area contributed by atoms with Gasteiger partial charge in [-0.3, -0.25) is 0 Å². The van der Waals surface area contributed by atoms with E-state index in [4.69, 9.17) is 5.26 Å². The van der Waals surface area contributed by atoms with Gasteiger partial charge in [0.05, 0.1) is 11.4 Å². The van der Waals surface area contributed by atoms with E-state index in [1.807, 2.05) is 31.2 Å². The Balaban J connectivity index is 2.27. The molecule has 108 valence electrons. The summed E-state index contributed by atoms with van der Waals surface area (Å²) in [5.41, 5.74) is 3.33. The predicted molar refractivity (Wildman–Crippen MR) is 81.3 cm³/mol. The highest BCUT2D eigenvalue weighted by molar-refractivity contribution is 5.78. The van der Waals surface area contributed by atoms with Gasteiger partial charge in [-0.2, -0.15) is 10.5 Å².